The Balaban J connectivity index is 2.11. The normalized spacial score (nSPS) is 11.5. The Hall–Kier alpha value is -2.36. The van der Waals surface area contributed by atoms with E-state index in [9.17, 15) is 18.0 Å². The highest BCUT2D eigenvalue weighted by atomic mass is 32.2. The van der Waals surface area contributed by atoms with E-state index in [1.807, 2.05) is 20.1 Å². The van der Waals surface area contributed by atoms with Crippen LogP contribution in [-0.2, 0) is 14.8 Å². The molecule has 2 rings (SSSR count). The number of nitrogens with one attached hydrogen (secondary N) is 2. The number of benzene rings is 2. The van der Waals surface area contributed by atoms with Crippen molar-refractivity contribution in [3.63, 3.8) is 0 Å². The van der Waals surface area contributed by atoms with Crippen LogP contribution in [0.4, 0.5) is 5.69 Å². The molecule has 0 spiro atoms. The molecular weight excluding hydrogens is 410 g/mol. The first-order valence-electron chi connectivity index (χ1n) is 8.95. The van der Waals surface area contributed by atoms with Crippen LogP contribution in [0.1, 0.15) is 24.2 Å². The first kappa shape index (κ1) is 22.9. The summed E-state index contributed by atoms with van der Waals surface area (Å²) in [5, 5.41) is 5.40. The molecule has 0 heterocycles. The van der Waals surface area contributed by atoms with Crippen LogP contribution in [0.5, 0.6) is 0 Å². The Morgan fingerprint density at radius 1 is 1.07 bits per heavy atom. The summed E-state index contributed by atoms with van der Waals surface area (Å²) >= 11 is 1.51. The average Bonchev–Trinajstić information content (AvgIpc) is 2.67. The molecule has 2 N–H and O–H groups in total. The number of carbonyl (C=O) groups excluding carboxylic acids is 2. The number of nitrogens with zero attached hydrogens (tertiary/aromatic N) is 1. The number of rotatable bonds is 8. The van der Waals surface area contributed by atoms with E-state index in [-0.39, 0.29) is 23.4 Å². The fraction of sp³-hybridized carbons (Fsp3) is 0.300. The lowest BCUT2D eigenvalue weighted by Crippen LogP contribution is -2.35. The van der Waals surface area contributed by atoms with E-state index in [2.05, 4.69) is 10.6 Å². The summed E-state index contributed by atoms with van der Waals surface area (Å²) < 4.78 is 26.4. The van der Waals surface area contributed by atoms with Crippen LogP contribution in [0.15, 0.2) is 58.3 Å². The highest BCUT2D eigenvalue weighted by Gasteiger charge is 2.23. The smallest absolute Gasteiger partial charge is 0.253 e. The Bertz CT molecular complexity index is 973. The highest BCUT2D eigenvalue weighted by Crippen LogP contribution is 2.20. The van der Waals surface area contributed by atoms with Gasteiger partial charge in [0.1, 0.15) is 0 Å². The maximum Gasteiger partial charge on any atom is 0.253 e. The van der Waals surface area contributed by atoms with Gasteiger partial charge in [0, 0.05) is 18.0 Å². The molecule has 2 amide bonds. The number of amides is 2. The minimum atomic E-state index is -3.81. The Labute approximate surface area is 175 Å². The van der Waals surface area contributed by atoms with Crippen LogP contribution in [-0.4, -0.2) is 50.4 Å². The van der Waals surface area contributed by atoms with E-state index in [0.29, 0.717) is 11.3 Å². The van der Waals surface area contributed by atoms with Gasteiger partial charge in [-0.3, -0.25) is 9.59 Å². The molecule has 0 aliphatic heterocycles. The molecular formula is C20H25N3O4S2. The predicted octanol–water partition coefficient (Wildman–Crippen LogP) is 2.81. The Morgan fingerprint density at radius 2 is 1.69 bits per heavy atom. The zero-order chi connectivity index (χ0) is 21.6. The quantitative estimate of drug-likeness (QED) is 0.622. The molecule has 0 bridgehead atoms. The van der Waals surface area contributed by atoms with Crippen LogP contribution in [0.25, 0.3) is 0 Å². The molecule has 7 nitrogen and oxygen atoms in total. The number of sulfonamides is 1. The molecule has 0 aliphatic carbocycles. The molecule has 0 unspecified atom stereocenters. The van der Waals surface area contributed by atoms with Crippen LogP contribution in [0, 0.1) is 0 Å². The van der Waals surface area contributed by atoms with Gasteiger partial charge in [0.2, 0.25) is 15.9 Å². The number of para-hydroxylation sites is 1. The highest BCUT2D eigenvalue weighted by molar-refractivity contribution is 7.98. The Kier molecular flexibility index (Phi) is 7.83. The number of likely N-dealkylation sites (N-methyl/N-ethyl adjacent to an activating group) is 1. The fourth-order valence-corrected chi connectivity index (χ4v) is 4.07. The summed E-state index contributed by atoms with van der Waals surface area (Å²) in [6.45, 7) is 3.29. The molecule has 0 aromatic heterocycles. The lowest BCUT2D eigenvalue weighted by Gasteiger charge is -2.18. The SMILES string of the molecule is CSc1ccc(S(=O)(=O)N(C)CC(=O)Nc2ccccc2C(=O)NC(C)C)cc1. The first-order chi connectivity index (χ1) is 13.6. The third-order valence-electron chi connectivity index (χ3n) is 4.00. The zero-order valence-electron chi connectivity index (χ0n) is 16.8. The first-order valence-corrected chi connectivity index (χ1v) is 11.6. The number of carbonyl (C=O) groups is 2. The topological polar surface area (TPSA) is 95.6 Å². The molecule has 0 aliphatic rings. The summed E-state index contributed by atoms with van der Waals surface area (Å²) in [6.07, 6.45) is 1.90. The van der Waals surface area contributed by atoms with Crippen LogP contribution in [0.2, 0.25) is 0 Å². The minimum Gasteiger partial charge on any atom is -0.350 e. The second kappa shape index (κ2) is 9.91. The molecule has 0 saturated carbocycles. The maximum absolute atomic E-state index is 12.7. The number of hydrogen-bond donors (Lipinski definition) is 2. The number of anilines is 1. The monoisotopic (exact) mass is 435 g/mol. The standard InChI is InChI=1S/C20H25N3O4S2/c1-14(2)21-20(25)17-7-5-6-8-18(17)22-19(24)13-23(3)29(26,27)16-11-9-15(28-4)10-12-16/h5-12,14H,13H2,1-4H3,(H,21,25)(H,22,24). The van der Waals surface area contributed by atoms with Gasteiger partial charge in [-0.1, -0.05) is 12.1 Å². The van der Waals surface area contributed by atoms with Gasteiger partial charge >= 0.3 is 0 Å². The molecule has 0 radical (unpaired) electrons. The number of hydrogen-bond acceptors (Lipinski definition) is 5. The van der Waals surface area contributed by atoms with E-state index >= 15 is 0 Å². The van der Waals surface area contributed by atoms with Crippen molar-refractivity contribution < 1.29 is 18.0 Å². The van der Waals surface area contributed by atoms with Crippen LogP contribution in [0.3, 0.4) is 0 Å². The molecule has 29 heavy (non-hydrogen) atoms. The number of thioether (sulfide) groups is 1. The minimum absolute atomic E-state index is 0.0555. The third-order valence-corrected chi connectivity index (χ3v) is 6.56. The molecule has 156 valence electrons. The van der Waals surface area contributed by atoms with Gasteiger partial charge in [0.15, 0.2) is 0 Å². The third kappa shape index (κ3) is 6.06. The van der Waals surface area contributed by atoms with Gasteiger partial charge in [-0.2, -0.15) is 4.31 Å². The zero-order valence-corrected chi connectivity index (χ0v) is 18.4. The summed E-state index contributed by atoms with van der Waals surface area (Å²) in [7, 11) is -2.47. The maximum atomic E-state index is 12.7. The molecule has 2 aromatic carbocycles. The van der Waals surface area contributed by atoms with Crippen LogP contribution >= 0.6 is 11.8 Å². The van der Waals surface area contributed by atoms with Crippen molar-refractivity contribution in [1.29, 1.82) is 0 Å². The molecule has 0 saturated heterocycles. The van der Waals surface area contributed by atoms with Crippen molar-refractivity contribution in [2.45, 2.75) is 29.7 Å². The van der Waals surface area contributed by atoms with Gasteiger partial charge in [-0.25, -0.2) is 8.42 Å². The molecule has 0 atom stereocenters. The second-order valence-corrected chi connectivity index (χ2v) is 9.58. The largest absolute Gasteiger partial charge is 0.350 e. The lowest BCUT2D eigenvalue weighted by molar-refractivity contribution is -0.116. The van der Waals surface area contributed by atoms with E-state index in [4.69, 9.17) is 0 Å². The van der Waals surface area contributed by atoms with Crippen molar-refractivity contribution in [2.24, 2.45) is 0 Å². The van der Waals surface area contributed by atoms with Crippen molar-refractivity contribution in [3.8, 4) is 0 Å². The van der Waals surface area contributed by atoms with Crippen molar-refractivity contribution in [1.82, 2.24) is 9.62 Å². The predicted molar refractivity (Wildman–Crippen MR) is 116 cm³/mol. The van der Waals surface area contributed by atoms with Crippen molar-refractivity contribution in [2.75, 3.05) is 25.2 Å². The Morgan fingerprint density at radius 3 is 2.28 bits per heavy atom. The summed E-state index contributed by atoms with van der Waals surface area (Å²) in [5.41, 5.74) is 0.637. The average molecular weight is 436 g/mol. The summed E-state index contributed by atoms with van der Waals surface area (Å²) in [4.78, 5) is 25.8. The summed E-state index contributed by atoms with van der Waals surface area (Å²) in [5.74, 6) is -0.854. The summed E-state index contributed by atoms with van der Waals surface area (Å²) in [6, 6.07) is 13.0. The fourth-order valence-electron chi connectivity index (χ4n) is 2.53. The second-order valence-electron chi connectivity index (χ2n) is 6.66. The van der Waals surface area contributed by atoms with Gasteiger partial charge < -0.3 is 10.6 Å². The lowest BCUT2D eigenvalue weighted by atomic mass is 10.1. The van der Waals surface area contributed by atoms with Gasteiger partial charge in [0.05, 0.1) is 22.7 Å². The van der Waals surface area contributed by atoms with E-state index in [0.717, 1.165) is 9.20 Å². The van der Waals surface area contributed by atoms with Gasteiger partial charge in [-0.15, -0.1) is 11.8 Å². The van der Waals surface area contributed by atoms with Crippen molar-refractivity contribution >= 4 is 39.3 Å². The van der Waals surface area contributed by atoms with Crippen molar-refractivity contribution in [3.05, 3.63) is 54.1 Å². The van der Waals surface area contributed by atoms with Gasteiger partial charge in [-0.05, 0) is 56.5 Å². The van der Waals surface area contributed by atoms with E-state index in [1.54, 1.807) is 36.4 Å². The van der Waals surface area contributed by atoms with E-state index < -0.39 is 15.9 Å². The molecule has 2 aromatic rings. The molecule has 0 fully saturated rings. The van der Waals surface area contributed by atoms with Gasteiger partial charge in [0.25, 0.3) is 5.91 Å². The van der Waals surface area contributed by atoms with Crippen LogP contribution < -0.4 is 10.6 Å². The molecule has 9 heteroatoms. The van der Waals surface area contributed by atoms with E-state index in [1.165, 1.54) is 30.9 Å².